The first-order valence-corrected chi connectivity index (χ1v) is 9.23. The molecule has 4 atom stereocenters. The summed E-state index contributed by atoms with van der Waals surface area (Å²) in [5, 5.41) is 0. The van der Waals surface area contributed by atoms with Crippen molar-refractivity contribution in [3.05, 3.63) is 6.33 Å². The molecule has 1 aliphatic rings. The molecule has 0 radical (unpaired) electrons. The highest BCUT2D eigenvalue weighted by atomic mass is 31.1. The number of hydrogen-bond donors (Lipinski definition) is 2. The Morgan fingerprint density at radius 2 is 2.28 bits per heavy atom. The van der Waals surface area contributed by atoms with E-state index >= 15 is 0 Å². The maximum atomic E-state index is 10.7. The van der Waals surface area contributed by atoms with Crippen LogP contribution in [0.25, 0.3) is 11.2 Å². The van der Waals surface area contributed by atoms with Crippen molar-refractivity contribution in [2.75, 3.05) is 18.9 Å². The number of nitrogen functional groups attached to an aromatic ring is 1. The Kier molecular flexibility index (Phi) is 5.43. The van der Waals surface area contributed by atoms with Crippen LogP contribution in [0.15, 0.2) is 6.33 Å². The van der Waals surface area contributed by atoms with Gasteiger partial charge in [0.05, 0.1) is 19.0 Å². The zero-order chi connectivity index (χ0) is 18.0. The van der Waals surface area contributed by atoms with E-state index in [9.17, 15) is 4.57 Å². The molecule has 2 aromatic heterocycles. The molecule has 0 saturated carbocycles. The molecule has 0 bridgehead atoms. The number of rotatable bonds is 7. The molecule has 11 heteroatoms. The predicted molar refractivity (Wildman–Crippen MR) is 89.0 cm³/mol. The Morgan fingerprint density at radius 1 is 1.48 bits per heavy atom. The van der Waals surface area contributed by atoms with Gasteiger partial charge in [0.25, 0.3) is 0 Å². The zero-order valence-electron chi connectivity index (χ0n) is 14.0. The van der Waals surface area contributed by atoms with Crippen molar-refractivity contribution in [3.63, 3.8) is 0 Å². The standard InChI is InChI=1S/C14H20N5O5P/c1-3-8-5-9(6-23-25(20)21)24-13(8)19-7-16-10-11(19)17-14(15)18-12(10)22-4-2/h7-9,13H,3-6H2,1-2H3,(H2-,15,17,18,20,21)/p+1. The van der Waals surface area contributed by atoms with Crippen LogP contribution in [-0.2, 0) is 13.8 Å². The first kappa shape index (κ1) is 17.9. The van der Waals surface area contributed by atoms with Crippen molar-refractivity contribution < 1.29 is 23.5 Å². The van der Waals surface area contributed by atoms with Crippen molar-refractivity contribution in [1.82, 2.24) is 19.5 Å². The number of imidazole rings is 1. The first-order valence-electron chi connectivity index (χ1n) is 8.10. The SMILES string of the molecule is CCOc1nc(N)nc2c1ncn2C1OC(CO[P+](=O)O)CC1CC. The normalized spacial score (nSPS) is 24.0. The van der Waals surface area contributed by atoms with Gasteiger partial charge in [0, 0.05) is 10.5 Å². The van der Waals surface area contributed by atoms with E-state index in [2.05, 4.69) is 21.9 Å². The first-order chi connectivity index (χ1) is 12.0. The topological polar surface area (TPSA) is 135 Å². The lowest BCUT2D eigenvalue weighted by atomic mass is 10.0. The highest BCUT2D eigenvalue weighted by molar-refractivity contribution is 7.32. The minimum absolute atomic E-state index is 0.0622. The molecule has 1 saturated heterocycles. The maximum Gasteiger partial charge on any atom is 0.694 e. The molecule has 10 nitrogen and oxygen atoms in total. The second-order valence-electron chi connectivity index (χ2n) is 5.73. The van der Waals surface area contributed by atoms with Crippen LogP contribution >= 0.6 is 8.25 Å². The monoisotopic (exact) mass is 370 g/mol. The van der Waals surface area contributed by atoms with Crippen LogP contribution in [0.1, 0.15) is 32.9 Å². The smallest absolute Gasteiger partial charge is 0.476 e. The number of ether oxygens (including phenoxy) is 2. The number of anilines is 1. The molecule has 0 aliphatic carbocycles. The second kappa shape index (κ2) is 7.57. The van der Waals surface area contributed by atoms with Crippen LogP contribution in [0.4, 0.5) is 5.95 Å². The van der Waals surface area contributed by atoms with Crippen LogP contribution in [0.3, 0.4) is 0 Å². The van der Waals surface area contributed by atoms with Gasteiger partial charge in [0.15, 0.2) is 11.2 Å². The molecular weight excluding hydrogens is 349 g/mol. The van der Waals surface area contributed by atoms with E-state index in [0.29, 0.717) is 30.1 Å². The minimum Gasteiger partial charge on any atom is -0.476 e. The summed E-state index contributed by atoms with van der Waals surface area (Å²) in [6.07, 6.45) is 2.62. The molecule has 3 heterocycles. The van der Waals surface area contributed by atoms with Crippen molar-refractivity contribution in [1.29, 1.82) is 0 Å². The lowest BCUT2D eigenvalue weighted by molar-refractivity contribution is -0.0276. The largest absolute Gasteiger partial charge is 0.694 e. The zero-order valence-corrected chi connectivity index (χ0v) is 14.9. The van der Waals surface area contributed by atoms with Crippen LogP contribution in [0, 0.1) is 5.92 Å². The van der Waals surface area contributed by atoms with Crippen LogP contribution < -0.4 is 10.5 Å². The molecule has 3 N–H and O–H groups in total. The van der Waals surface area contributed by atoms with E-state index in [-0.39, 0.29) is 30.8 Å². The van der Waals surface area contributed by atoms with Gasteiger partial charge < -0.3 is 15.2 Å². The fourth-order valence-electron chi connectivity index (χ4n) is 3.06. The van der Waals surface area contributed by atoms with Gasteiger partial charge >= 0.3 is 8.25 Å². The molecule has 0 spiro atoms. The van der Waals surface area contributed by atoms with Gasteiger partial charge in [-0.05, 0) is 19.8 Å². The second-order valence-corrected chi connectivity index (χ2v) is 6.46. The Morgan fingerprint density at radius 3 is 2.96 bits per heavy atom. The Balaban J connectivity index is 1.91. The molecule has 0 aromatic carbocycles. The van der Waals surface area contributed by atoms with E-state index in [0.717, 1.165) is 6.42 Å². The third kappa shape index (κ3) is 3.72. The summed E-state index contributed by atoms with van der Waals surface area (Å²) in [7, 11) is -2.64. The van der Waals surface area contributed by atoms with Gasteiger partial charge in [-0.3, -0.25) is 4.57 Å². The number of hydrogen-bond acceptors (Lipinski definition) is 8. The lowest BCUT2D eigenvalue weighted by Gasteiger charge is -2.19. The van der Waals surface area contributed by atoms with Gasteiger partial charge in [-0.25, -0.2) is 4.98 Å². The summed E-state index contributed by atoms with van der Waals surface area (Å²) in [5.41, 5.74) is 6.85. The summed E-state index contributed by atoms with van der Waals surface area (Å²) in [6, 6.07) is 0. The highest BCUT2D eigenvalue weighted by Gasteiger charge is 2.38. The summed E-state index contributed by atoms with van der Waals surface area (Å²) in [6.45, 7) is 4.41. The predicted octanol–water partition coefficient (Wildman–Crippen LogP) is 1.79. The van der Waals surface area contributed by atoms with Crippen LogP contribution in [0.5, 0.6) is 5.88 Å². The molecule has 1 fully saturated rings. The van der Waals surface area contributed by atoms with Crippen molar-refractivity contribution in [2.45, 2.75) is 39.0 Å². The van der Waals surface area contributed by atoms with Gasteiger partial charge in [0.2, 0.25) is 11.8 Å². The molecule has 25 heavy (non-hydrogen) atoms. The average molecular weight is 370 g/mol. The molecular formula is C14H21N5O5P+. The van der Waals surface area contributed by atoms with E-state index in [4.69, 9.17) is 24.6 Å². The highest BCUT2D eigenvalue weighted by Crippen LogP contribution is 2.39. The number of aromatic nitrogens is 4. The summed E-state index contributed by atoms with van der Waals surface area (Å²) >= 11 is 0. The Bertz CT molecular complexity index is 769. The van der Waals surface area contributed by atoms with Gasteiger partial charge in [-0.1, -0.05) is 6.92 Å². The minimum atomic E-state index is -2.64. The van der Waals surface area contributed by atoms with E-state index < -0.39 is 8.25 Å². The van der Waals surface area contributed by atoms with E-state index in [1.807, 2.05) is 11.5 Å². The van der Waals surface area contributed by atoms with Gasteiger partial charge in [-0.2, -0.15) is 9.97 Å². The van der Waals surface area contributed by atoms with E-state index in [1.54, 1.807) is 6.33 Å². The lowest BCUT2D eigenvalue weighted by Crippen LogP contribution is -2.17. The summed E-state index contributed by atoms with van der Waals surface area (Å²) < 4.78 is 28.8. The van der Waals surface area contributed by atoms with Crippen LogP contribution in [0.2, 0.25) is 0 Å². The Hall–Kier alpha value is -1.87. The number of nitrogens with zero attached hydrogens (tertiary/aromatic N) is 4. The molecule has 2 aromatic rings. The van der Waals surface area contributed by atoms with Gasteiger partial charge in [-0.15, -0.1) is 9.42 Å². The van der Waals surface area contributed by atoms with Crippen molar-refractivity contribution >= 4 is 25.4 Å². The van der Waals surface area contributed by atoms with Gasteiger partial charge in [0.1, 0.15) is 12.8 Å². The van der Waals surface area contributed by atoms with Crippen molar-refractivity contribution in [2.24, 2.45) is 5.92 Å². The van der Waals surface area contributed by atoms with Crippen molar-refractivity contribution in [3.8, 4) is 5.88 Å². The number of fused-ring (bicyclic) bond motifs is 1. The molecule has 3 rings (SSSR count). The fourth-order valence-corrected chi connectivity index (χ4v) is 3.36. The summed E-state index contributed by atoms with van der Waals surface area (Å²) in [5.74, 6) is 0.627. The van der Waals surface area contributed by atoms with Crippen LogP contribution in [-0.4, -0.2) is 43.7 Å². The third-order valence-corrected chi connectivity index (χ3v) is 4.53. The molecule has 4 unspecified atom stereocenters. The summed E-state index contributed by atoms with van der Waals surface area (Å²) in [4.78, 5) is 21.5. The molecule has 0 amide bonds. The van der Waals surface area contributed by atoms with E-state index in [1.165, 1.54) is 0 Å². The fraction of sp³-hybridized carbons (Fsp3) is 0.643. The quantitative estimate of drug-likeness (QED) is 0.699. The molecule has 136 valence electrons. The third-order valence-electron chi connectivity index (χ3n) is 4.16. The number of nitrogens with two attached hydrogens (primary N) is 1. The average Bonchev–Trinajstić information content (AvgIpc) is 3.16. The Labute approximate surface area is 145 Å². The maximum absolute atomic E-state index is 10.7. The molecule has 1 aliphatic heterocycles.